The minimum atomic E-state index is -0.508. The summed E-state index contributed by atoms with van der Waals surface area (Å²) in [6.07, 6.45) is 0. The molecule has 13 heavy (non-hydrogen) atoms. The highest BCUT2D eigenvalue weighted by Gasteiger charge is 2.09. The van der Waals surface area contributed by atoms with Crippen LogP contribution >= 0.6 is 0 Å². The molecule has 1 aromatic rings. The van der Waals surface area contributed by atoms with Gasteiger partial charge in [-0.1, -0.05) is 17.2 Å². The summed E-state index contributed by atoms with van der Waals surface area (Å²) in [7, 11) is 0. The van der Waals surface area contributed by atoms with E-state index in [0.29, 0.717) is 5.56 Å². The Labute approximate surface area is 73.6 Å². The van der Waals surface area contributed by atoms with Gasteiger partial charge < -0.3 is 0 Å². The van der Waals surface area contributed by atoms with E-state index in [1.165, 1.54) is 12.1 Å². The molecule has 0 bridgehead atoms. The Hall–Kier alpha value is -2.07. The first-order valence-electron chi connectivity index (χ1n) is 3.45. The predicted molar refractivity (Wildman–Crippen MR) is 46.6 cm³/mol. The number of nitro benzene ring substituents is 1. The Morgan fingerprint density at radius 1 is 1.62 bits per heavy atom. The molecule has 6 nitrogen and oxygen atoms in total. The number of hydrogen-bond donors (Lipinski definition) is 0. The number of nitrogens with zero attached hydrogens (tertiary/aromatic N) is 4. The van der Waals surface area contributed by atoms with Gasteiger partial charge in [0.2, 0.25) is 0 Å². The normalized spacial score (nSPS) is 9.00. The average Bonchev–Trinajstić information content (AvgIpc) is 2.08. The van der Waals surface area contributed by atoms with E-state index in [2.05, 4.69) is 10.0 Å². The first kappa shape index (κ1) is 9.02. The van der Waals surface area contributed by atoms with Crippen molar-refractivity contribution in [3.8, 4) is 0 Å². The molecule has 0 fully saturated rings. The summed E-state index contributed by atoms with van der Waals surface area (Å²) in [5.74, 6) is 0. The van der Waals surface area contributed by atoms with Crippen molar-refractivity contribution >= 4 is 11.4 Å². The van der Waals surface area contributed by atoms with Crippen LogP contribution in [0, 0.1) is 17.0 Å². The zero-order valence-electron chi connectivity index (χ0n) is 6.84. The number of hydrogen-bond acceptors (Lipinski definition) is 3. The molecule has 0 saturated carbocycles. The van der Waals surface area contributed by atoms with Crippen LogP contribution in [-0.4, -0.2) is 4.92 Å². The summed E-state index contributed by atoms with van der Waals surface area (Å²) in [5, 5.41) is 13.7. The zero-order chi connectivity index (χ0) is 9.84. The highest BCUT2D eigenvalue weighted by molar-refractivity contribution is 5.51. The van der Waals surface area contributed by atoms with Gasteiger partial charge in [0.05, 0.1) is 4.92 Å². The molecule has 0 heterocycles. The molecule has 0 aliphatic carbocycles. The fourth-order valence-electron chi connectivity index (χ4n) is 0.908. The van der Waals surface area contributed by atoms with Crippen molar-refractivity contribution in [3.05, 3.63) is 44.3 Å². The van der Waals surface area contributed by atoms with Gasteiger partial charge in [-0.3, -0.25) is 10.1 Å². The summed E-state index contributed by atoms with van der Waals surface area (Å²) in [5.41, 5.74) is 8.86. The van der Waals surface area contributed by atoms with Crippen molar-refractivity contribution < 1.29 is 4.92 Å². The van der Waals surface area contributed by atoms with Crippen molar-refractivity contribution in [2.24, 2.45) is 5.11 Å². The van der Waals surface area contributed by atoms with Crippen LogP contribution < -0.4 is 0 Å². The fourth-order valence-corrected chi connectivity index (χ4v) is 0.908. The molecule has 0 radical (unpaired) electrons. The standard InChI is InChI=1S/C7H6N4O2/c1-5-2-3-6(9-10-8)4-7(5)11(12)13/h2-4H,1H3. The van der Waals surface area contributed by atoms with Crippen LogP contribution in [0.4, 0.5) is 11.4 Å². The van der Waals surface area contributed by atoms with E-state index >= 15 is 0 Å². The molecule has 0 aliphatic rings. The van der Waals surface area contributed by atoms with Crippen molar-refractivity contribution in [3.63, 3.8) is 0 Å². The van der Waals surface area contributed by atoms with Gasteiger partial charge in [0.25, 0.3) is 5.69 Å². The molecule has 0 atom stereocenters. The molecule has 6 heteroatoms. The van der Waals surface area contributed by atoms with Gasteiger partial charge in [-0.05, 0) is 12.5 Å². The van der Waals surface area contributed by atoms with Crippen LogP contribution in [0.1, 0.15) is 5.56 Å². The largest absolute Gasteiger partial charge is 0.272 e. The molecule has 1 aromatic carbocycles. The summed E-state index contributed by atoms with van der Waals surface area (Å²) in [6.45, 7) is 1.62. The monoisotopic (exact) mass is 178 g/mol. The van der Waals surface area contributed by atoms with Gasteiger partial charge >= 0.3 is 0 Å². The average molecular weight is 178 g/mol. The smallest absolute Gasteiger partial charge is 0.258 e. The van der Waals surface area contributed by atoms with Crippen LogP contribution in [0.5, 0.6) is 0 Å². The zero-order valence-corrected chi connectivity index (χ0v) is 6.84. The van der Waals surface area contributed by atoms with Crippen molar-refractivity contribution in [2.45, 2.75) is 6.92 Å². The van der Waals surface area contributed by atoms with Gasteiger partial charge in [0, 0.05) is 22.2 Å². The third kappa shape index (κ3) is 1.94. The van der Waals surface area contributed by atoms with Crippen LogP contribution in [0.15, 0.2) is 23.3 Å². The number of azide groups is 1. The topological polar surface area (TPSA) is 91.9 Å². The van der Waals surface area contributed by atoms with E-state index in [9.17, 15) is 10.1 Å². The molecule has 66 valence electrons. The van der Waals surface area contributed by atoms with Gasteiger partial charge in [0.1, 0.15) is 0 Å². The highest BCUT2D eigenvalue weighted by atomic mass is 16.6. The van der Waals surface area contributed by atoms with Crippen LogP contribution in [0.3, 0.4) is 0 Å². The third-order valence-corrected chi connectivity index (χ3v) is 1.55. The second kappa shape index (κ2) is 3.55. The molecule has 0 amide bonds. The first-order chi connectivity index (χ1) is 6.15. The van der Waals surface area contributed by atoms with E-state index in [1.807, 2.05) is 0 Å². The molecule has 0 unspecified atom stereocenters. The Kier molecular flexibility index (Phi) is 2.47. The number of benzene rings is 1. The van der Waals surface area contributed by atoms with Crippen LogP contribution in [0.2, 0.25) is 0 Å². The first-order valence-corrected chi connectivity index (χ1v) is 3.45. The molecule has 0 aliphatic heterocycles. The molecule has 1 rings (SSSR count). The van der Waals surface area contributed by atoms with Gasteiger partial charge in [0.15, 0.2) is 0 Å². The van der Waals surface area contributed by atoms with E-state index in [-0.39, 0.29) is 11.4 Å². The van der Waals surface area contributed by atoms with Crippen molar-refractivity contribution in [1.29, 1.82) is 0 Å². The second-order valence-corrected chi connectivity index (χ2v) is 2.42. The van der Waals surface area contributed by atoms with Crippen molar-refractivity contribution in [1.82, 2.24) is 0 Å². The van der Waals surface area contributed by atoms with Crippen LogP contribution in [-0.2, 0) is 0 Å². The lowest BCUT2D eigenvalue weighted by molar-refractivity contribution is -0.385. The molecule has 0 spiro atoms. The minimum Gasteiger partial charge on any atom is -0.258 e. The maximum absolute atomic E-state index is 10.4. The van der Waals surface area contributed by atoms with Crippen LogP contribution in [0.25, 0.3) is 10.4 Å². The molecular weight excluding hydrogens is 172 g/mol. The summed E-state index contributed by atoms with van der Waals surface area (Å²) >= 11 is 0. The molecule has 0 N–H and O–H groups in total. The Morgan fingerprint density at radius 3 is 2.85 bits per heavy atom. The third-order valence-electron chi connectivity index (χ3n) is 1.55. The van der Waals surface area contributed by atoms with E-state index in [4.69, 9.17) is 5.53 Å². The number of nitro groups is 1. The van der Waals surface area contributed by atoms with Gasteiger partial charge in [-0.2, -0.15) is 0 Å². The Morgan fingerprint density at radius 2 is 2.31 bits per heavy atom. The lowest BCUT2D eigenvalue weighted by Crippen LogP contribution is -1.90. The Balaban J connectivity index is 3.26. The SMILES string of the molecule is Cc1ccc(N=[N+]=[N-])cc1[N+](=O)[O-]. The molecule has 0 aromatic heterocycles. The number of rotatable bonds is 2. The summed E-state index contributed by atoms with van der Waals surface area (Å²) < 4.78 is 0. The van der Waals surface area contributed by atoms with Gasteiger partial charge in [-0.25, -0.2) is 0 Å². The second-order valence-electron chi connectivity index (χ2n) is 2.42. The molecule has 0 saturated heterocycles. The summed E-state index contributed by atoms with van der Waals surface area (Å²) in [4.78, 5) is 12.5. The lowest BCUT2D eigenvalue weighted by atomic mass is 10.2. The highest BCUT2D eigenvalue weighted by Crippen LogP contribution is 2.23. The summed E-state index contributed by atoms with van der Waals surface area (Å²) in [6, 6.07) is 4.32. The minimum absolute atomic E-state index is 0.0371. The van der Waals surface area contributed by atoms with E-state index < -0.39 is 4.92 Å². The molecular formula is C7H6N4O2. The maximum Gasteiger partial charge on any atom is 0.272 e. The van der Waals surface area contributed by atoms with E-state index in [0.717, 1.165) is 0 Å². The Bertz CT molecular complexity index is 395. The maximum atomic E-state index is 10.4. The van der Waals surface area contributed by atoms with Gasteiger partial charge in [-0.15, -0.1) is 0 Å². The number of aryl methyl sites for hydroxylation is 1. The lowest BCUT2D eigenvalue weighted by Gasteiger charge is -1.96. The predicted octanol–water partition coefficient (Wildman–Crippen LogP) is 2.85. The quantitative estimate of drug-likeness (QED) is 0.229. The fraction of sp³-hybridized carbons (Fsp3) is 0.143. The van der Waals surface area contributed by atoms with E-state index in [1.54, 1.807) is 13.0 Å². The van der Waals surface area contributed by atoms with Crippen molar-refractivity contribution in [2.75, 3.05) is 0 Å².